The van der Waals surface area contributed by atoms with E-state index in [1.807, 2.05) is 17.9 Å². The van der Waals surface area contributed by atoms with E-state index in [2.05, 4.69) is 38.1 Å². The molecule has 4 nitrogen and oxygen atoms in total. The summed E-state index contributed by atoms with van der Waals surface area (Å²) in [6.07, 6.45) is 3.93. The topological polar surface area (TPSA) is 39.1 Å². The number of hydrogen-bond donors (Lipinski definition) is 1. The second kappa shape index (κ2) is 5.89. The van der Waals surface area contributed by atoms with Gasteiger partial charge in [-0.05, 0) is 26.8 Å². The fourth-order valence-electron chi connectivity index (χ4n) is 1.45. The van der Waals surface area contributed by atoms with E-state index in [-0.39, 0.29) is 6.10 Å². The number of rotatable bonds is 6. The van der Waals surface area contributed by atoms with Gasteiger partial charge in [-0.25, -0.2) is 0 Å². The van der Waals surface area contributed by atoms with E-state index >= 15 is 0 Å². The fraction of sp³-hybridized carbons (Fsp3) is 0.750. The number of aromatic nitrogens is 2. The van der Waals surface area contributed by atoms with Gasteiger partial charge in [0.05, 0.1) is 12.4 Å². The Kier molecular flexibility index (Phi) is 4.80. The number of nitrogens with one attached hydrogen (secondary N) is 1. The molecule has 1 heterocycles. The van der Waals surface area contributed by atoms with Crippen molar-refractivity contribution in [1.29, 1.82) is 0 Å². The molecule has 1 N–H and O–H groups in total. The minimum atomic E-state index is 0.190. The Morgan fingerprint density at radius 3 is 2.50 bits per heavy atom. The van der Waals surface area contributed by atoms with Gasteiger partial charge in [0.2, 0.25) is 0 Å². The number of nitrogens with zero attached hydrogens (tertiary/aromatic N) is 2. The van der Waals surface area contributed by atoms with Crippen LogP contribution in [0, 0.1) is 5.92 Å². The third-order valence-corrected chi connectivity index (χ3v) is 2.54. The minimum Gasteiger partial charge on any atom is -0.486 e. The Morgan fingerprint density at radius 2 is 2.06 bits per heavy atom. The van der Waals surface area contributed by atoms with Crippen LogP contribution in [-0.2, 0) is 0 Å². The standard InChI is InChI=1S/C12H23N3O/c1-9(2)12(7-13-5)16-11-6-14-15(8-11)10(3)4/h6,8-10,12-13H,7H2,1-5H3. The maximum Gasteiger partial charge on any atom is 0.157 e. The molecule has 0 fully saturated rings. The van der Waals surface area contributed by atoms with Crippen molar-refractivity contribution in [1.82, 2.24) is 15.1 Å². The van der Waals surface area contributed by atoms with Crippen LogP contribution < -0.4 is 10.1 Å². The highest BCUT2D eigenvalue weighted by atomic mass is 16.5. The van der Waals surface area contributed by atoms with E-state index in [1.165, 1.54) is 0 Å². The quantitative estimate of drug-likeness (QED) is 0.805. The molecule has 0 aliphatic rings. The van der Waals surface area contributed by atoms with E-state index in [0.29, 0.717) is 12.0 Å². The zero-order valence-corrected chi connectivity index (χ0v) is 10.9. The van der Waals surface area contributed by atoms with Crippen molar-refractivity contribution in [3.63, 3.8) is 0 Å². The highest BCUT2D eigenvalue weighted by Crippen LogP contribution is 2.16. The second-order valence-electron chi connectivity index (χ2n) is 4.71. The summed E-state index contributed by atoms with van der Waals surface area (Å²) in [5.41, 5.74) is 0. The summed E-state index contributed by atoms with van der Waals surface area (Å²) in [7, 11) is 1.94. The van der Waals surface area contributed by atoms with Gasteiger partial charge in [-0.15, -0.1) is 0 Å². The lowest BCUT2D eigenvalue weighted by atomic mass is 10.1. The van der Waals surface area contributed by atoms with Crippen LogP contribution in [0.15, 0.2) is 12.4 Å². The third-order valence-electron chi connectivity index (χ3n) is 2.54. The number of likely N-dealkylation sites (N-methyl/N-ethyl adjacent to an activating group) is 1. The largest absolute Gasteiger partial charge is 0.486 e. The smallest absolute Gasteiger partial charge is 0.157 e. The molecule has 1 aromatic rings. The highest BCUT2D eigenvalue weighted by molar-refractivity contribution is 5.12. The maximum absolute atomic E-state index is 5.90. The van der Waals surface area contributed by atoms with Crippen molar-refractivity contribution in [2.75, 3.05) is 13.6 Å². The number of ether oxygens (including phenoxy) is 1. The summed E-state index contributed by atoms with van der Waals surface area (Å²) in [5, 5.41) is 7.41. The van der Waals surface area contributed by atoms with Crippen LogP contribution in [0.3, 0.4) is 0 Å². The Balaban J connectivity index is 2.62. The molecule has 1 unspecified atom stereocenters. The van der Waals surface area contributed by atoms with Gasteiger partial charge in [0, 0.05) is 12.6 Å². The van der Waals surface area contributed by atoms with Crippen molar-refractivity contribution < 1.29 is 4.74 Å². The summed E-state index contributed by atoms with van der Waals surface area (Å²) in [4.78, 5) is 0. The van der Waals surface area contributed by atoms with Crippen molar-refractivity contribution >= 4 is 0 Å². The van der Waals surface area contributed by atoms with Gasteiger partial charge in [0.1, 0.15) is 6.10 Å². The molecule has 0 bridgehead atoms. The lowest BCUT2D eigenvalue weighted by molar-refractivity contribution is 0.151. The summed E-state index contributed by atoms with van der Waals surface area (Å²) in [5.74, 6) is 1.33. The lowest BCUT2D eigenvalue weighted by Crippen LogP contribution is -2.33. The molecule has 0 amide bonds. The Labute approximate surface area is 98.0 Å². The summed E-state index contributed by atoms with van der Waals surface area (Å²) < 4.78 is 7.81. The van der Waals surface area contributed by atoms with Gasteiger partial charge in [0.25, 0.3) is 0 Å². The van der Waals surface area contributed by atoms with Gasteiger partial charge in [0.15, 0.2) is 5.75 Å². The van der Waals surface area contributed by atoms with Gasteiger partial charge < -0.3 is 10.1 Å². The van der Waals surface area contributed by atoms with Gasteiger partial charge in [-0.3, -0.25) is 4.68 Å². The normalized spacial score (nSPS) is 13.4. The second-order valence-corrected chi connectivity index (χ2v) is 4.71. The van der Waals surface area contributed by atoms with E-state index in [0.717, 1.165) is 12.3 Å². The first-order chi connectivity index (χ1) is 7.54. The van der Waals surface area contributed by atoms with Crippen LogP contribution in [0.2, 0.25) is 0 Å². The molecule has 16 heavy (non-hydrogen) atoms. The Morgan fingerprint density at radius 1 is 1.38 bits per heavy atom. The van der Waals surface area contributed by atoms with E-state index < -0.39 is 0 Å². The van der Waals surface area contributed by atoms with Gasteiger partial charge in [-0.1, -0.05) is 13.8 Å². The molecule has 0 saturated heterocycles. The van der Waals surface area contributed by atoms with Gasteiger partial charge >= 0.3 is 0 Å². The monoisotopic (exact) mass is 225 g/mol. The molecule has 0 spiro atoms. The number of hydrogen-bond acceptors (Lipinski definition) is 3. The maximum atomic E-state index is 5.90. The minimum absolute atomic E-state index is 0.190. The molecule has 4 heteroatoms. The molecule has 1 aromatic heterocycles. The average molecular weight is 225 g/mol. The summed E-state index contributed by atoms with van der Waals surface area (Å²) in [6.45, 7) is 9.38. The molecule has 0 aliphatic carbocycles. The zero-order chi connectivity index (χ0) is 12.1. The molecular weight excluding hydrogens is 202 g/mol. The fourth-order valence-corrected chi connectivity index (χ4v) is 1.45. The van der Waals surface area contributed by atoms with Crippen LogP contribution in [-0.4, -0.2) is 29.5 Å². The predicted octanol–water partition coefficient (Wildman–Crippen LogP) is 2.09. The van der Waals surface area contributed by atoms with Crippen molar-refractivity contribution in [2.24, 2.45) is 5.92 Å². The highest BCUT2D eigenvalue weighted by Gasteiger charge is 2.15. The SMILES string of the molecule is CNCC(Oc1cnn(C(C)C)c1)C(C)C. The van der Waals surface area contributed by atoms with E-state index in [9.17, 15) is 0 Å². The van der Waals surface area contributed by atoms with Crippen molar-refractivity contribution in [2.45, 2.75) is 39.8 Å². The van der Waals surface area contributed by atoms with Crippen LogP contribution >= 0.6 is 0 Å². The molecule has 92 valence electrons. The zero-order valence-electron chi connectivity index (χ0n) is 10.9. The molecular formula is C12H23N3O. The lowest BCUT2D eigenvalue weighted by Gasteiger charge is -2.21. The van der Waals surface area contributed by atoms with E-state index in [1.54, 1.807) is 6.20 Å². The summed E-state index contributed by atoms with van der Waals surface area (Å²) >= 11 is 0. The van der Waals surface area contributed by atoms with Crippen LogP contribution in [0.25, 0.3) is 0 Å². The first-order valence-corrected chi connectivity index (χ1v) is 5.90. The third kappa shape index (κ3) is 3.52. The Bertz CT molecular complexity index is 307. The molecule has 0 saturated carbocycles. The first-order valence-electron chi connectivity index (χ1n) is 5.90. The molecule has 1 rings (SSSR count). The van der Waals surface area contributed by atoms with Crippen molar-refractivity contribution in [3.05, 3.63) is 12.4 Å². The molecule has 0 aliphatic heterocycles. The average Bonchev–Trinajstić information content (AvgIpc) is 2.65. The molecule has 0 aromatic carbocycles. The van der Waals surface area contributed by atoms with Crippen molar-refractivity contribution in [3.8, 4) is 5.75 Å². The van der Waals surface area contributed by atoms with Crippen LogP contribution in [0.5, 0.6) is 5.75 Å². The predicted molar refractivity (Wildman–Crippen MR) is 65.8 cm³/mol. The Hall–Kier alpha value is -1.03. The summed E-state index contributed by atoms with van der Waals surface area (Å²) in [6, 6.07) is 0.374. The first kappa shape index (κ1) is 13.0. The molecule has 0 radical (unpaired) electrons. The van der Waals surface area contributed by atoms with Crippen LogP contribution in [0.1, 0.15) is 33.7 Å². The van der Waals surface area contributed by atoms with Crippen LogP contribution in [0.4, 0.5) is 0 Å². The van der Waals surface area contributed by atoms with E-state index in [4.69, 9.17) is 4.74 Å². The molecule has 1 atom stereocenters. The van der Waals surface area contributed by atoms with Gasteiger partial charge in [-0.2, -0.15) is 5.10 Å².